The molecule has 1 aromatic carbocycles. The molecule has 0 atom stereocenters. The highest BCUT2D eigenvalue weighted by atomic mass is 19.4. The molecule has 1 aromatic heterocycles. The lowest BCUT2D eigenvalue weighted by atomic mass is 10.1. The fraction of sp³-hybridized carbons (Fsp3) is 0.111. The Morgan fingerprint density at radius 1 is 1.11 bits per heavy atom. The molecule has 0 spiro atoms. The quantitative estimate of drug-likeness (QED) is 0.462. The van der Waals surface area contributed by atoms with Gasteiger partial charge in [-0.2, -0.15) is 13.2 Å². The number of nitro benzene ring substituents is 1. The largest absolute Gasteiger partial charge is 0.416 e. The van der Waals surface area contributed by atoms with Gasteiger partial charge in [-0.15, -0.1) is 0 Å². The van der Waals surface area contributed by atoms with Gasteiger partial charge in [0.05, 0.1) is 16.0 Å². The number of rotatable bonds is 1. The highest BCUT2D eigenvalue weighted by molar-refractivity contribution is 5.84. The molecule has 2 aromatic rings. The molecule has 10 heteroatoms. The molecule has 0 aliphatic heterocycles. The van der Waals surface area contributed by atoms with Gasteiger partial charge in [0.25, 0.3) is 5.69 Å². The summed E-state index contributed by atoms with van der Waals surface area (Å²) in [5.41, 5.74) is -5.56. The predicted octanol–water partition coefficient (Wildman–Crippen LogP) is 1.14. The van der Waals surface area contributed by atoms with Crippen LogP contribution < -0.4 is 11.1 Å². The molecule has 0 fully saturated rings. The van der Waals surface area contributed by atoms with Gasteiger partial charge >= 0.3 is 17.3 Å². The van der Waals surface area contributed by atoms with E-state index >= 15 is 0 Å². The highest BCUT2D eigenvalue weighted by Crippen LogP contribution is 2.34. The van der Waals surface area contributed by atoms with Crippen LogP contribution >= 0.6 is 0 Å². The molecule has 0 saturated carbocycles. The summed E-state index contributed by atoms with van der Waals surface area (Å²) in [5, 5.41) is 10.7. The van der Waals surface area contributed by atoms with Crippen LogP contribution in [-0.4, -0.2) is 14.9 Å². The molecule has 0 radical (unpaired) electrons. The van der Waals surface area contributed by atoms with Gasteiger partial charge in [0.1, 0.15) is 5.52 Å². The number of non-ortho nitro benzene ring substituents is 1. The van der Waals surface area contributed by atoms with E-state index in [0.29, 0.717) is 6.07 Å². The molecule has 2 rings (SSSR count). The number of H-pyrrole nitrogens is 2. The van der Waals surface area contributed by atoms with Crippen LogP contribution in [0.5, 0.6) is 0 Å². The van der Waals surface area contributed by atoms with Crippen LogP contribution in [0.25, 0.3) is 11.0 Å². The molecular formula is C9H4F3N3O4. The number of nitrogens with zero attached hydrogens (tertiary/aromatic N) is 1. The number of hydrogen-bond donors (Lipinski definition) is 2. The average Bonchev–Trinajstić information content (AvgIpc) is 2.27. The molecule has 0 amide bonds. The van der Waals surface area contributed by atoms with Crippen molar-refractivity contribution in [3.8, 4) is 0 Å². The van der Waals surface area contributed by atoms with Crippen molar-refractivity contribution in [3.05, 3.63) is 48.5 Å². The minimum Gasteiger partial charge on any atom is -0.316 e. The Morgan fingerprint density at radius 3 is 2.21 bits per heavy atom. The number of benzene rings is 1. The predicted molar refractivity (Wildman–Crippen MR) is 56.8 cm³/mol. The Bertz CT molecular complexity index is 790. The number of alkyl halides is 3. The number of hydrogen-bond acceptors (Lipinski definition) is 4. The monoisotopic (exact) mass is 275 g/mol. The number of halogens is 3. The highest BCUT2D eigenvalue weighted by Gasteiger charge is 2.33. The lowest BCUT2D eigenvalue weighted by Gasteiger charge is -2.07. The van der Waals surface area contributed by atoms with E-state index < -0.39 is 44.5 Å². The van der Waals surface area contributed by atoms with Crippen LogP contribution in [0.15, 0.2) is 21.7 Å². The molecule has 0 aliphatic carbocycles. The summed E-state index contributed by atoms with van der Waals surface area (Å²) in [4.78, 5) is 35.4. The SMILES string of the molecule is O=c1[nH]c2cc(C(F)(F)F)cc([N+](=O)[O-])c2[nH]c1=O. The average molecular weight is 275 g/mol. The number of aromatic amines is 2. The van der Waals surface area contributed by atoms with Gasteiger partial charge in [0.15, 0.2) is 0 Å². The normalized spacial score (nSPS) is 11.7. The van der Waals surface area contributed by atoms with E-state index in [2.05, 4.69) is 0 Å². The fourth-order valence-corrected chi connectivity index (χ4v) is 1.51. The summed E-state index contributed by atoms with van der Waals surface area (Å²) in [7, 11) is 0. The van der Waals surface area contributed by atoms with Crippen LogP contribution in [0.4, 0.5) is 18.9 Å². The van der Waals surface area contributed by atoms with Crippen molar-refractivity contribution in [1.29, 1.82) is 0 Å². The standard InChI is InChI=1S/C9H4F3N3O4/c10-9(11,12)3-1-4-6(5(2-3)15(18)19)14-8(17)7(16)13-4/h1-2H,(H,13,16)(H,14,17). The Morgan fingerprint density at radius 2 is 1.68 bits per heavy atom. The van der Waals surface area contributed by atoms with Crippen LogP contribution in [0, 0.1) is 10.1 Å². The summed E-state index contributed by atoms with van der Waals surface area (Å²) < 4.78 is 37.7. The van der Waals surface area contributed by atoms with Gasteiger partial charge in [-0.25, -0.2) is 0 Å². The van der Waals surface area contributed by atoms with Gasteiger partial charge in [-0.05, 0) is 6.07 Å². The Hall–Kier alpha value is -2.65. The third-order valence-electron chi connectivity index (χ3n) is 2.33. The van der Waals surface area contributed by atoms with E-state index in [9.17, 15) is 32.9 Å². The van der Waals surface area contributed by atoms with Gasteiger partial charge < -0.3 is 9.97 Å². The Labute approximate surface area is 100 Å². The first kappa shape index (κ1) is 12.8. The van der Waals surface area contributed by atoms with Crippen LogP contribution in [0.2, 0.25) is 0 Å². The summed E-state index contributed by atoms with van der Waals surface area (Å²) in [6, 6.07) is 0.802. The maximum Gasteiger partial charge on any atom is 0.416 e. The molecule has 2 N–H and O–H groups in total. The molecule has 0 saturated heterocycles. The number of nitrogens with one attached hydrogen (secondary N) is 2. The molecule has 0 aliphatic rings. The maximum atomic E-state index is 12.6. The van der Waals surface area contributed by atoms with Crippen molar-refractivity contribution in [2.75, 3.05) is 0 Å². The van der Waals surface area contributed by atoms with Crippen LogP contribution in [0.3, 0.4) is 0 Å². The van der Waals surface area contributed by atoms with E-state index in [-0.39, 0.29) is 6.07 Å². The summed E-state index contributed by atoms with van der Waals surface area (Å²) in [6.45, 7) is 0. The summed E-state index contributed by atoms with van der Waals surface area (Å²) >= 11 is 0. The van der Waals surface area contributed by atoms with E-state index in [4.69, 9.17) is 0 Å². The van der Waals surface area contributed by atoms with Crippen LogP contribution in [0.1, 0.15) is 5.56 Å². The van der Waals surface area contributed by atoms with Crippen molar-refractivity contribution in [1.82, 2.24) is 9.97 Å². The Kier molecular flexibility index (Phi) is 2.65. The second kappa shape index (κ2) is 3.93. The molecule has 7 nitrogen and oxygen atoms in total. The zero-order valence-corrected chi connectivity index (χ0v) is 8.87. The third-order valence-corrected chi connectivity index (χ3v) is 2.33. The lowest BCUT2D eigenvalue weighted by Crippen LogP contribution is -2.29. The summed E-state index contributed by atoms with van der Waals surface area (Å²) in [5.74, 6) is 0. The maximum absolute atomic E-state index is 12.6. The van der Waals surface area contributed by atoms with E-state index in [1.807, 2.05) is 9.97 Å². The second-order valence-electron chi connectivity index (χ2n) is 3.58. The minimum absolute atomic E-state index is 0.288. The van der Waals surface area contributed by atoms with Crippen LogP contribution in [-0.2, 0) is 6.18 Å². The first-order chi connectivity index (χ1) is 8.70. The molecule has 0 unspecified atom stereocenters. The number of aromatic nitrogens is 2. The Balaban J connectivity index is 2.96. The zero-order valence-electron chi connectivity index (χ0n) is 8.87. The van der Waals surface area contributed by atoms with E-state index in [1.54, 1.807) is 0 Å². The minimum atomic E-state index is -4.81. The van der Waals surface area contributed by atoms with Gasteiger partial charge in [0, 0.05) is 6.07 Å². The number of nitro groups is 1. The smallest absolute Gasteiger partial charge is 0.316 e. The van der Waals surface area contributed by atoms with Crippen molar-refractivity contribution >= 4 is 16.7 Å². The lowest BCUT2D eigenvalue weighted by molar-refractivity contribution is -0.383. The molecule has 0 bridgehead atoms. The van der Waals surface area contributed by atoms with Crippen molar-refractivity contribution < 1.29 is 18.1 Å². The van der Waals surface area contributed by atoms with Crippen molar-refractivity contribution in [2.45, 2.75) is 6.18 Å². The van der Waals surface area contributed by atoms with Gasteiger partial charge in [-0.1, -0.05) is 0 Å². The third kappa shape index (κ3) is 2.19. The topological polar surface area (TPSA) is 109 Å². The van der Waals surface area contributed by atoms with E-state index in [0.717, 1.165) is 0 Å². The summed E-state index contributed by atoms with van der Waals surface area (Å²) in [6.07, 6.45) is -4.81. The van der Waals surface area contributed by atoms with E-state index in [1.165, 1.54) is 0 Å². The number of fused-ring (bicyclic) bond motifs is 1. The second-order valence-corrected chi connectivity index (χ2v) is 3.58. The van der Waals surface area contributed by atoms with Gasteiger partial charge in [-0.3, -0.25) is 19.7 Å². The first-order valence-electron chi connectivity index (χ1n) is 4.72. The van der Waals surface area contributed by atoms with Gasteiger partial charge in [0.2, 0.25) is 0 Å². The zero-order chi connectivity index (χ0) is 14.4. The van der Waals surface area contributed by atoms with Crippen molar-refractivity contribution in [2.24, 2.45) is 0 Å². The fourth-order valence-electron chi connectivity index (χ4n) is 1.51. The molecular weight excluding hydrogens is 271 g/mol. The molecule has 100 valence electrons. The van der Waals surface area contributed by atoms with Crippen molar-refractivity contribution in [3.63, 3.8) is 0 Å². The molecule has 19 heavy (non-hydrogen) atoms. The molecule has 1 heterocycles. The first-order valence-corrected chi connectivity index (χ1v) is 4.72.